The molecule has 24 heavy (non-hydrogen) atoms. The summed E-state index contributed by atoms with van der Waals surface area (Å²) in [5, 5.41) is 14.9. The molecule has 0 atom stereocenters. The highest BCUT2D eigenvalue weighted by atomic mass is 16.3. The van der Waals surface area contributed by atoms with Gasteiger partial charge >= 0.3 is 0 Å². The lowest BCUT2D eigenvalue weighted by atomic mass is 10.2. The smallest absolute Gasteiger partial charge is 0.191 e. The molecule has 0 fully saturated rings. The van der Waals surface area contributed by atoms with Gasteiger partial charge in [0.1, 0.15) is 11.5 Å². The van der Waals surface area contributed by atoms with Gasteiger partial charge in [-0.3, -0.25) is 4.40 Å². The maximum Gasteiger partial charge on any atom is 0.191 e. The summed E-state index contributed by atoms with van der Waals surface area (Å²) in [5.74, 6) is 3.40. The van der Waals surface area contributed by atoms with E-state index in [1.54, 1.807) is 0 Å². The van der Waals surface area contributed by atoms with E-state index in [-0.39, 0.29) is 0 Å². The molecular weight excluding hydrogens is 304 g/mol. The Balaban J connectivity index is 1.69. The van der Waals surface area contributed by atoms with E-state index in [1.807, 2.05) is 55.6 Å². The molecule has 7 nitrogen and oxygen atoms in total. The zero-order chi connectivity index (χ0) is 16.9. The number of rotatable bonds is 5. The Morgan fingerprint density at radius 1 is 1.25 bits per heavy atom. The van der Waals surface area contributed by atoms with Gasteiger partial charge in [0.2, 0.25) is 0 Å². The third-order valence-electron chi connectivity index (χ3n) is 3.69. The molecule has 0 unspecified atom stereocenters. The fourth-order valence-electron chi connectivity index (χ4n) is 2.52. The third-order valence-corrected chi connectivity index (χ3v) is 3.69. The molecule has 3 rings (SSSR count). The van der Waals surface area contributed by atoms with Gasteiger partial charge < -0.3 is 15.1 Å². The molecule has 0 spiro atoms. The van der Waals surface area contributed by atoms with Crippen LogP contribution in [0.15, 0.2) is 39.9 Å². The Morgan fingerprint density at radius 2 is 2.12 bits per heavy atom. The maximum absolute atomic E-state index is 5.54. The van der Waals surface area contributed by atoms with Crippen LogP contribution in [0.3, 0.4) is 0 Å². The van der Waals surface area contributed by atoms with Gasteiger partial charge in [0, 0.05) is 18.3 Å². The van der Waals surface area contributed by atoms with Crippen molar-refractivity contribution in [2.24, 2.45) is 4.99 Å². The lowest BCUT2D eigenvalue weighted by molar-refractivity contribution is 0.501. The van der Waals surface area contributed by atoms with E-state index in [0.29, 0.717) is 13.1 Å². The zero-order valence-corrected chi connectivity index (χ0v) is 14.2. The number of aryl methyl sites for hydroxylation is 2. The lowest BCUT2D eigenvalue weighted by Crippen LogP contribution is -2.37. The molecule has 0 aromatic carbocycles. The van der Waals surface area contributed by atoms with Crippen molar-refractivity contribution in [2.45, 2.75) is 33.9 Å². The summed E-state index contributed by atoms with van der Waals surface area (Å²) >= 11 is 0. The van der Waals surface area contributed by atoms with Gasteiger partial charge in [0.15, 0.2) is 17.4 Å². The molecule has 3 aromatic heterocycles. The standard InChI is InChI=1S/C17H22N6O/c1-4-18-17(19-10-14-9-12(2)24-13(14)3)20-11-16-22-21-15-7-5-6-8-23(15)16/h5-9H,4,10-11H2,1-3H3,(H2,18,19,20). The summed E-state index contributed by atoms with van der Waals surface area (Å²) < 4.78 is 7.50. The summed E-state index contributed by atoms with van der Waals surface area (Å²) in [6.45, 7) is 7.84. The van der Waals surface area contributed by atoms with E-state index in [0.717, 1.165) is 41.1 Å². The fraction of sp³-hybridized carbons (Fsp3) is 0.353. The molecule has 3 aromatic rings. The number of hydrogen-bond donors (Lipinski definition) is 2. The normalized spacial score (nSPS) is 11.9. The molecule has 0 amide bonds. The number of guanidine groups is 1. The van der Waals surface area contributed by atoms with E-state index in [1.165, 1.54) is 0 Å². The summed E-state index contributed by atoms with van der Waals surface area (Å²) in [6, 6.07) is 7.86. The molecule has 0 radical (unpaired) electrons. The molecule has 7 heteroatoms. The van der Waals surface area contributed by atoms with Crippen molar-refractivity contribution < 1.29 is 4.42 Å². The lowest BCUT2D eigenvalue weighted by Gasteiger charge is -2.10. The molecule has 3 heterocycles. The van der Waals surface area contributed by atoms with Gasteiger partial charge in [-0.15, -0.1) is 10.2 Å². The largest absolute Gasteiger partial charge is 0.466 e. The van der Waals surface area contributed by atoms with Crippen molar-refractivity contribution in [3.8, 4) is 0 Å². The highest BCUT2D eigenvalue weighted by Crippen LogP contribution is 2.14. The first-order chi connectivity index (χ1) is 11.7. The Kier molecular flexibility index (Phi) is 4.79. The van der Waals surface area contributed by atoms with Gasteiger partial charge in [0.25, 0.3) is 0 Å². The Labute approximate surface area is 140 Å². The van der Waals surface area contributed by atoms with E-state index in [2.05, 4.69) is 25.8 Å². The van der Waals surface area contributed by atoms with Crippen molar-refractivity contribution in [3.63, 3.8) is 0 Å². The van der Waals surface area contributed by atoms with E-state index in [9.17, 15) is 0 Å². The first kappa shape index (κ1) is 16.0. The predicted octanol–water partition coefficient (Wildman–Crippen LogP) is 2.19. The van der Waals surface area contributed by atoms with Crippen LogP contribution in [0.25, 0.3) is 5.65 Å². The number of pyridine rings is 1. The van der Waals surface area contributed by atoms with Crippen LogP contribution in [0, 0.1) is 13.8 Å². The monoisotopic (exact) mass is 326 g/mol. The summed E-state index contributed by atoms with van der Waals surface area (Å²) in [7, 11) is 0. The highest BCUT2D eigenvalue weighted by molar-refractivity contribution is 5.79. The van der Waals surface area contributed by atoms with Gasteiger partial charge in [-0.1, -0.05) is 6.07 Å². The van der Waals surface area contributed by atoms with Crippen molar-refractivity contribution in [1.82, 2.24) is 25.2 Å². The van der Waals surface area contributed by atoms with Crippen LogP contribution in [0.5, 0.6) is 0 Å². The number of aliphatic imine (C=N–C) groups is 1. The van der Waals surface area contributed by atoms with Crippen molar-refractivity contribution in [3.05, 3.63) is 53.4 Å². The summed E-state index contributed by atoms with van der Waals surface area (Å²) in [6.07, 6.45) is 1.95. The first-order valence-corrected chi connectivity index (χ1v) is 8.04. The minimum Gasteiger partial charge on any atom is -0.466 e. The predicted molar refractivity (Wildman–Crippen MR) is 92.8 cm³/mol. The molecule has 0 saturated carbocycles. The summed E-state index contributed by atoms with van der Waals surface area (Å²) in [5.41, 5.74) is 1.93. The molecule has 0 saturated heterocycles. The fourth-order valence-corrected chi connectivity index (χ4v) is 2.52. The number of hydrogen-bond acceptors (Lipinski definition) is 4. The molecule has 126 valence electrons. The quantitative estimate of drug-likeness (QED) is 0.555. The zero-order valence-electron chi connectivity index (χ0n) is 14.2. The first-order valence-electron chi connectivity index (χ1n) is 8.04. The van der Waals surface area contributed by atoms with Crippen molar-refractivity contribution in [1.29, 1.82) is 0 Å². The highest BCUT2D eigenvalue weighted by Gasteiger charge is 2.07. The number of nitrogens with zero attached hydrogens (tertiary/aromatic N) is 4. The Morgan fingerprint density at radius 3 is 2.88 bits per heavy atom. The summed E-state index contributed by atoms with van der Waals surface area (Å²) in [4.78, 5) is 4.61. The average molecular weight is 326 g/mol. The van der Waals surface area contributed by atoms with Gasteiger partial charge in [-0.2, -0.15) is 0 Å². The molecule has 0 bridgehead atoms. The Bertz CT molecular complexity index is 848. The number of aromatic nitrogens is 3. The molecule has 0 aliphatic carbocycles. The van der Waals surface area contributed by atoms with Crippen LogP contribution in [-0.4, -0.2) is 27.1 Å². The van der Waals surface area contributed by atoms with E-state index >= 15 is 0 Å². The van der Waals surface area contributed by atoms with Crippen LogP contribution in [-0.2, 0) is 13.1 Å². The number of furan rings is 1. The average Bonchev–Trinajstić information content (AvgIpc) is 3.13. The topological polar surface area (TPSA) is 79.8 Å². The van der Waals surface area contributed by atoms with Crippen LogP contribution >= 0.6 is 0 Å². The number of fused-ring (bicyclic) bond motifs is 1. The second-order valence-electron chi connectivity index (χ2n) is 5.53. The molecular formula is C17H22N6O. The van der Waals surface area contributed by atoms with Crippen LogP contribution in [0.2, 0.25) is 0 Å². The molecule has 0 aliphatic heterocycles. The van der Waals surface area contributed by atoms with Gasteiger partial charge in [-0.25, -0.2) is 4.99 Å². The molecule has 0 aliphatic rings. The second-order valence-corrected chi connectivity index (χ2v) is 5.53. The minimum atomic E-state index is 0.542. The third kappa shape index (κ3) is 3.56. The SMILES string of the molecule is CCNC(=NCc1cc(C)oc1C)NCc1nnc2ccccn12. The van der Waals surface area contributed by atoms with Gasteiger partial charge in [0.05, 0.1) is 13.1 Å². The maximum atomic E-state index is 5.54. The van der Waals surface area contributed by atoms with Crippen LogP contribution in [0.4, 0.5) is 0 Å². The van der Waals surface area contributed by atoms with Gasteiger partial charge in [-0.05, 0) is 39.0 Å². The second kappa shape index (κ2) is 7.16. The van der Waals surface area contributed by atoms with E-state index < -0.39 is 0 Å². The minimum absolute atomic E-state index is 0.542. The van der Waals surface area contributed by atoms with Crippen LogP contribution in [0.1, 0.15) is 29.8 Å². The Hall–Kier alpha value is -2.83. The number of nitrogens with one attached hydrogen (secondary N) is 2. The van der Waals surface area contributed by atoms with E-state index in [4.69, 9.17) is 4.42 Å². The van der Waals surface area contributed by atoms with Crippen LogP contribution < -0.4 is 10.6 Å². The molecule has 2 N–H and O–H groups in total. The van der Waals surface area contributed by atoms with Crippen molar-refractivity contribution >= 4 is 11.6 Å². The van der Waals surface area contributed by atoms with Crippen molar-refractivity contribution in [2.75, 3.05) is 6.54 Å².